The molecule has 0 unspecified atom stereocenters. The lowest BCUT2D eigenvalue weighted by atomic mass is 10.1. The zero-order valence-corrected chi connectivity index (χ0v) is 15.8. The lowest BCUT2D eigenvalue weighted by Gasteiger charge is -2.08. The molecule has 1 N–H and O–H groups in total. The molecule has 0 atom stereocenters. The van der Waals surface area contributed by atoms with Crippen molar-refractivity contribution in [3.05, 3.63) is 35.9 Å². The molecular weight excluding hydrogens is 354 g/mol. The minimum atomic E-state index is -0.881. The third-order valence-electron chi connectivity index (χ3n) is 3.29. The molecule has 152 valence electrons. The van der Waals surface area contributed by atoms with E-state index in [2.05, 4.69) is 5.32 Å². The summed E-state index contributed by atoms with van der Waals surface area (Å²) in [5.74, 6) is -1.54. The molecular formula is C19H29NO7. The number of rotatable bonds is 17. The quantitative estimate of drug-likeness (QED) is 0.182. The zero-order valence-electron chi connectivity index (χ0n) is 15.8. The Morgan fingerprint density at radius 3 is 1.74 bits per heavy atom. The summed E-state index contributed by atoms with van der Waals surface area (Å²) >= 11 is 0. The summed E-state index contributed by atoms with van der Waals surface area (Å²) in [6, 6.07) is 8.28. The van der Waals surface area contributed by atoms with Crippen molar-refractivity contribution >= 4 is 11.8 Å². The number of likely N-dealkylation sites (N-methyl/N-ethyl adjacent to an activating group) is 1. The van der Waals surface area contributed by atoms with Crippen LogP contribution in [0.15, 0.2) is 30.3 Å². The minimum Gasteiger partial charge on any atom is -0.457 e. The second-order valence-electron chi connectivity index (χ2n) is 5.38. The van der Waals surface area contributed by atoms with Gasteiger partial charge in [-0.15, -0.1) is 0 Å². The second-order valence-corrected chi connectivity index (χ2v) is 5.38. The van der Waals surface area contributed by atoms with Crippen LogP contribution in [0.3, 0.4) is 0 Å². The topological polar surface area (TPSA) is 92.3 Å². The number of hydrogen-bond donors (Lipinski definition) is 1. The van der Waals surface area contributed by atoms with Crippen molar-refractivity contribution in [3.63, 3.8) is 0 Å². The van der Waals surface area contributed by atoms with Gasteiger partial charge >= 0.3 is 5.97 Å². The van der Waals surface area contributed by atoms with Crippen LogP contribution in [0, 0.1) is 0 Å². The third-order valence-corrected chi connectivity index (χ3v) is 3.29. The van der Waals surface area contributed by atoms with E-state index in [9.17, 15) is 9.59 Å². The summed E-state index contributed by atoms with van der Waals surface area (Å²) in [5, 5.41) is 2.99. The van der Waals surface area contributed by atoms with Gasteiger partial charge in [0.15, 0.2) is 0 Å². The number of carbonyl (C=O) groups excluding carboxylic acids is 2. The Labute approximate surface area is 160 Å². The van der Waals surface area contributed by atoms with Crippen LogP contribution < -0.4 is 5.32 Å². The summed E-state index contributed by atoms with van der Waals surface area (Å²) in [6.45, 7) is 4.58. The van der Waals surface area contributed by atoms with Crippen molar-refractivity contribution in [2.45, 2.75) is 0 Å². The highest BCUT2D eigenvalue weighted by molar-refractivity contribution is 6.40. The summed E-state index contributed by atoms with van der Waals surface area (Å²) in [4.78, 5) is 23.4. The molecule has 0 radical (unpaired) electrons. The van der Waals surface area contributed by atoms with Gasteiger partial charge in [-0.3, -0.25) is 4.79 Å². The predicted octanol–water partition coefficient (Wildman–Crippen LogP) is 0.698. The monoisotopic (exact) mass is 383 g/mol. The first kappa shape index (κ1) is 23.2. The van der Waals surface area contributed by atoms with Crippen LogP contribution in [0.4, 0.5) is 0 Å². The van der Waals surface area contributed by atoms with Gasteiger partial charge in [0, 0.05) is 12.1 Å². The smallest absolute Gasteiger partial charge is 0.379 e. The number of benzene rings is 1. The Morgan fingerprint density at radius 2 is 1.22 bits per heavy atom. The van der Waals surface area contributed by atoms with E-state index in [4.69, 9.17) is 23.7 Å². The average Bonchev–Trinajstić information content (AvgIpc) is 2.70. The fraction of sp³-hybridized carbons (Fsp3) is 0.579. The Morgan fingerprint density at radius 1 is 0.741 bits per heavy atom. The maximum atomic E-state index is 11.8. The fourth-order valence-corrected chi connectivity index (χ4v) is 1.90. The van der Waals surface area contributed by atoms with E-state index in [-0.39, 0.29) is 13.2 Å². The second kappa shape index (κ2) is 16.3. The summed E-state index contributed by atoms with van der Waals surface area (Å²) in [5.41, 5.74) is 0.309. The highest BCUT2D eigenvalue weighted by atomic mass is 16.6. The molecule has 0 fully saturated rings. The summed E-state index contributed by atoms with van der Waals surface area (Å²) in [6.07, 6.45) is 0. The maximum Gasteiger partial charge on any atom is 0.379 e. The molecule has 0 saturated heterocycles. The third kappa shape index (κ3) is 12.2. The van der Waals surface area contributed by atoms with E-state index in [1.165, 1.54) is 0 Å². The lowest BCUT2D eigenvalue weighted by molar-refractivity contribution is -0.139. The van der Waals surface area contributed by atoms with Crippen molar-refractivity contribution in [2.75, 3.05) is 73.1 Å². The van der Waals surface area contributed by atoms with Crippen molar-refractivity contribution in [1.82, 2.24) is 5.32 Å². The first-order chi connectivity index (χ1) is 13.3. The van der Waals surface area contributed by atoms with Gasteiger partial charge in [-0.2, -0.15) is 0 Å². The number of ketones is 1. The van der Waals surface area contributed by atoms with Crippen LogP contribution in [0.1, 0.15) is 10.4 Å². The first-order valence-electron chi connectivity index (χ1n) is 8.97. The fourth-order valence-electron chi connectivity index (χ4n) is 1.90. The van der Waals surface area contributed by atoms with E-state index < -0.39 is 11.8 Å². The van der Waals surface area contributed by atoms with E-state index in [1.54, 1.807) is 30.3 Å². The van der Waals surface area contributed by atoms with Gasteiger partial charge in [0.1, 0.15) is 6.61 Å². The molecule has 0 amide bonds. The number of hydrogen-bond acceptors (Lipinski definition) is 8. The molecule has 1 rings (SSSR count). The molecule has 0 bridgehead atoms. The van der Waals surface area contributed by atoms with Crippen molar-refractivity contribution in [1.29, 1.82) is 0 Å². The molecule has 1 aromatic carbocycles. The number of esters is 1. The number of Topliss-reactive ketones (excluding diaryl/α,β-unsaturated/α-hetero) is 1. The zero-order chi connectivity index (χ0) is 19.6. The standard InChI is InChI=1S/C19H29NO7/c1-20-7-8-23-9-10-24-11-12-25-13-14-26-15-16-27-19(22)18(21)17-5-3-2-4-6-17/h2-6,20H,7-16H2,1H3. The number of carbonyl (C=O) groups is 2. The Kier molecular flexibility index (Phi) is 14.0. The Bertz CT molecular complexity index is 510. The molecule has 8 heteroatoms. The van der Waals surface area contributed by atoms with E-state index >= 15 is 0 Å². The maximum absolute atomic E-state index is 11.8. The van der Waals surface area contributed by atoms with Gasteiger partial charge in [0.2, 0.25) is 0 Å². The molecule has 0 aliphatic carbocycles. The van der Waals surface area contributed by atoms with Crippen LogP contribution in [0.2, 0.25) is 0 Å². The highest BCUT2D eigenvalue weighted by Crippen LogP contribution is 2.01. The number of nitrogens with one attached hydrogen (secondary N) is 1. The van der Waals surface area contributed by atoms with E-state index in [0.29, 0.717) is 51.8 Å². The minimum absolute atomic E-state index is 0.0219. The van der Waals surface area contributed by atoms with Crippen molar-refractivity contribution in [2.24, 2.45) is 0 Å². The molecule has 8 nitrogen and oxygen atoms in total. The van der Waals surface area contributed by atoms with Gasteiger partial charge < -0.3 is 29.0 Å². The molecule has 0 heterocycles. The largest absolute Gasteiger partial charge is 0.457 e. The van der Waals surface area contributed by atoms with Crippen LogP contribution in [-0.2, 0) is 28.5 Å². The Balaban J connectivity index is 1.85. The molecule has 0 aromatic heterocycles. The van der Waals surface area contributed by atoms with Gasteiger partial charge in [-0.25, -0.2) is 4.79 Å². The first-order valence-corrected chi connectivity index (χ1v) is 8.97. The normalized spacial score (nSPS) is 10.7. The van der Waals surface area contributed by atoms with Crippen molar-refractivity contribution < 1.29 is 33.3 Å². The van der Waals surface area contributed by atoms with Gasteiger partial charge in [0.25, 0.3) is 5.78 Å². The highest BCUT2D eigenvalue weighted by Gasteiger charge is 2.16. The van der Waals surface area contributed by atoms with Gasteiger partial charge in [-0.05, 0) is 7.05 Å². The van der Waals surface area contributed by atoms with Crippen LogP contribution in [0.25, 0.3) is 0 Å². The van der Waals surface area contributed by atoms with Crippen LogP contribution in [0.5, 0.6) is 0 Å². The van der Waals surface area contributed by atoms with Crippen LogP contribution in [-0.4, -0.2) is 84.8 Å². The predicted molar refractivity (Wildman–Crippen MR) is 98.9 cm³/mol. The van der Waals surface area contributed by atoms with E-state index in [1.807, 2.05) is 7.05 Å². The SMILES string of the molecule is CNCCOCCOCCOCCOCCOC(=O)C(=O)c1ccccc1. The van der Waals surface area contributed by atoms with Gasteiger partial charge in [-0.1, -0.05) is 30.3 Å². The Hall–Kier alpha value is -1.84. The van der Waals surface area contributed by atoms with E-state index in [0.717, 1.165) is 6.54 Å². The number of ether oxygens (including phenoxy) is 5. The average molecular weight is 383 g/mol. The summed E-state index contributed by atoms with van der Waals surface area (Å²) < 4.78 is 26.1. The molecule has 0 aliphatic rings. The van der Waals surface area contributed by atoms with Crippen LogP contribution >= 0.6 is 0 Å². The van der Waals surface area contributed by atoms with Crippen molar-refractivity contribution in [3.8, 4) is 0 Å². The lowest BCUT2D eigenvalue weighted by Crippen LogP contribution is -2.20. The molecule has 0 spiro atoms. The molecule has 0 saturated carbocycles. The molecule has 0 aliphatic heterocycles. The summed E-state index contributed by atoms with van der Waals surface area (Å²) in [7, 11) is 1.88. The molecule has 27 heavy (non-hydrogen) atoms. The van der Waals surface area contributed by atoms with Gasteiger partial charge in [0.05, 0.1) is 52.9 Å². The molecule has 1 aromatic rings.